The second-order valence-corrected chi connectivity index (χ2v) is 6.34. The number of piperidine rings is 1. The summed E-state index contributed by atoms with van der Waals surface area (Å²) in [4.78, 5) is 14.1. The van der Waals surface area contributed by atoms with Gasteiger partial charge in [-0.15, -0.1) is 0 Å². The standard InChI is InChI=1S/C18H21F2N3O2/c1-13-4-6-15(7-5-13)25-12-14-3-2-9-22(11-14)17(24)16-8-10-23(21-16)18(19)20/h4-8,10,14,18H,2-3,9,11-12H2,1H3. The van der Waals surface area contributed by atoms with Crippen LogP contribution in [0.25, 0.3) is 0 Å². The summed E-state index contributed by atoms with van der Waals surface area (Å²) in [6.07, 6.45) is 2.96. The van der Waals surface area contributed by atoms with Crippen LogP contribution in [0.2, 0.25) is 0 Å². The van der Waals surface area contributed by atoms with Crippen molar-refractivity contribution >= 4 is 5.91 Å². The molecule has 2 heterocycles. The third-order valence-corrected chi connectivity index (χ3v) is 4.34. The van der Waals surface area contributed by atoms with Crippen LogP contribution in [-0.4, -0.2) is 40.3 Å². The highest BCUT2D eigenvalue weighted by Gasteiger charge is 2.26. The highest BCUT2D eigenvalue weighted by Crippen LogP contribution is 2.21. The Morgan fingerprint density at radius 1 is 1.32 bits per heavy atom. The number of likely N-dealkylation sites (tertiary alicyclic amines) is 1. The summed E-state index contributed by atoms with van der Waals surface area (Å²) in [5, 5.41) is 3.66. The number of halogens is 2. The molecule has 1 fully saturated rings. The third-order valence-electron chi connectivity index (χ3n) is 4.34. The molecule has 25 heavy (non-hydrogen) atoms. The maximum Gasteiger partial charge on any atom is 0.333 e. The molecular formula is C18H21F2N3O2. The van der Waals surface area contributed by atoms with Crippen molar-refractivity contribution in [2.75, 3.05) is 19.7 Å². The van der Waals surface area contributed by atoms with Crippen LogP contribution in [-0.2, 0) is 0 Å². The largest absolute Gasteiger partial charge is 0.493 e. The van der Waals surface area contributed by atoms with Gasteiger partial charge < -0.3 is 9.64 Å². The van der Waals surface area contributed by atoms with E-state index in [4.69, 9.17) is 4.74 Å². The van der Waals surface area contributed by atoms with Crippen LogP contribution < -0.4 is 4.74 Å². The van der Waals surface area contributed by atoms with Crippen LogP contribution in [0.3, 0.4) is 0 Å². The molecule has 0 spiro atoms. The average molecular weight is 349 g/mol. The molecule has 1 unspecified atom stereocenters. The Bertz CT molecular complexity index is 715. The van der Waals surface area contributed by atoms with Gasteiger partial charge in [-0.05, 0) is 38.0 Å². The lowest BCUT2D eigenvalue weighted by Gasteiger charge is -2.32. The number of aromatic nitrogens is 2. The summed E-state index contributed by atoms with van der Waals surface area (Å²) >= 11 is 0. The van der Waals surface area contributed by atoms with Crippen LogP contribution in [0.1, 0.15) is 35.4 Å². The molecule has 1 saturated heterocycles. The van der Waals surface area contributed by atoms with Gasteiger partial charge in [0.25, 0.3) is 5.91 Å². The van der Waals surface area contributed by atoms with Crippen molar-refractivity contribution in [2.45, 2.75) is 26.3 Å². The maximum absolute atomic E-state index is 12.6. The minimum atomic E-state index is -2.74. The smallest absolute Gasteiger partial charge is 0.333 e. The number of carbonyl (C=O) groups is 1. The van der Waals surface area contributed by atoms with Gasteiger partial charge in [-0.25, -0.2) is 4.68 Å². The minimum absolute atomic E-state index is 0.0559. The zero-order chi connectivity index (χ0) is 17.8. The molecule has 1 aromatic carbocycles. The number of hydrogen-bond donors (Lipinski definition) is 0. The van der Waals surface area contributed by atoms with Gasteiger partial charge in [0.05, 0.1) is 6.61 Å². The lowest BCUT2D eigenvalue weighted by atomic mass is 9.98. The normalized spacial score (nSPS) is 17.8. The SMILES string of the molecule is Cc1ccc(OCC2CCCN(C(=O)c3ccn(C(F)F)n3)C2)cc1. The first-order valence-corrected chi connectivity index (χ1v) is 8.35. The van der Waals surface area contributed by atoms with E-state index in [1.54, 1.807) is 4.90 Å². The molecule has 1 amide bonds. The number of ether oxygens (including phenoxy) is 1. The molecule has 0 N–H and O–H groups in total. The second kappa shape index (κ2) is 7.63. The summed E-state index contributed by atoms with van der Waals surface area (Å²) in [5.41, 5.74) is 1.23. The monoisotopic (exact) mass is 349 g/mol. The number of amides is 1. The second-order valence-electron chi connectivity index (χ2n) is 6.34. The number of aryl methyl sites for hydroxylation is 1. The molecule has 7 heteroatoms. The van der Waals surface area contributed by atoms with Gasteiger partial charge in [0.15, 0.2) is 5.69 Å². The first-order chi connectivity index (χ1) is 12.0. The van der Waals surface area contributed by atoms with Gasteiger partial charge in [0.2, 0.25) is 0 Å². The van der Waals surface area contributed by atoms with Gasteiger partial charge >= 0.3 is 6.55 Å². The summed E-state index contributed by atoms with van der Waals surface area (Å²) < 4.78 is 31.5. The first kappa shape index (κ1) is 17.4. The van der Waals surface area contributed by atoms with Crippen LogP contribution >= 0.6 is 0 Å². The highest BCUT2D eigenvalue weighted by molar-refractivity contribution is 5.92. The van der Waals surface area contributed by atoms with E-state index in [1.807, 2.05) is 31.2 Å². The van der Waals surface area contributed by atoms with Crippen molar-refractivity contribution in [2.24, 2.45) is 5.92 Å². The van der Waals surface area contributed by atoms with Gasteiger partial charge in [-0.2, -0.15) is 13.9 Å². The lowest BCUT2D eigenvalue weighted by Crippen LogP contribution is -2.41. The molecule has 0 saturated carbocycles. The van der Waals surface area contributed by atoms with Crippen molar-refractivity contribution in [3.8, 4) is 5.75 Å². The number of hydrogen-bond acceptors (Lipinski definition) is 3. The quantitative estimate of drug-likeness (QED) is 0.830. The number of rotatable bonds is 5. The van der Waals surface area contributed by atoms with Crippen molar-refractivity contribution in [1.82, 2.24) is 14.7 Å². The first-order valence-electron chi connectivity index (χ1n) is 8.35. The van der Waals surface area contributed by atoms with Gasteiger partial charge in [0.1, 0.15) is 5.75 Å². The molecule has 1 atom stereocenters. The number of carbonyl (C=O) groups excluding carboxylic acids is 1. The van der Waals surface area contributed by atoms with E-state index < -0.39 is 6.55 Å². The van der Waals surface area contributed by atoms with E-state index in [-0.39, 0.29) is 17.5 Å². The van der Waals surface area contributed by atoms with Crippen molar-refractivity contribution < 1.29 is 18.3 Å². The number of alkyl halides is 2. The van der Waals surface area contributed by atoms with Crippen LogP contribution in [0.5, 0.6) is 5.75 Å². The molecule has 5 nitrogen and oxygen atoms in total. The summed E-state index contributed by atoms with van der Waals surface area (Å²) in [5.74, 6) is 0.723. The molecule has 1 aliphatic heterocycles. The molecule has 0 radical (unpaired) electrons. The Morgan fingerprint density at radius 3 is 2.76 bits per heavy atom. The summed E-state index contributed by atoms with van der Waals surface area (Å²) in [6, 6.07) is 9.17. The topological polar surface area (TPSA) is 47.4 Å². The summed E-state index contributed by atoms with van der Waals surface area (Å²) in [6.45, 7) is 0.967. The zero-order valence-electron chi connectivity index (χ0n) is 14.1. The van der Waals surface area contributed by atoms with E-state index in [0.29, 0.717) is 24.4 Å². The molecule has 1 aromatic heterocycles. The Kier molecular flexibility index (Phi) is 5.31. The Labute approximate surface area is 145 Å². The highest BCUT2D eigenvalue weighted by atomic mass is 19.3. The fourth-order valence-corrected chi connectivity index (χ4v) is 2.96. The van der Waals surface area contributed by atoms with E-state index in [0.717, 1.165) is 24.8 Å². The Hall–Kier alpha value is -2.44. The third kappa shape index (κ3) is 4.35. The van der Waals surface area contributed by atoms with E-state index in [1.165, 1.54) is 11.6 Å². The van der Waals surface area contributed by atoms with E-state index in [9.17, 15) is 13.6 Å². The van der Waals surface area contributed by atoms with Crippen molar-refractivity contribution in [3.05, 3.63) is 47.8 Å². The molecular weight excluding hydrogens is 328 g/mol. The maximum atomic E-state index is 12.6. The van der Waals surface area contributed by atoms with Gasteiger partial charge in [-0.1, -0.05) is 17.7 Å². The number of benzene rings is 1. The predicted octanol–water partition coefficient (Wildman–Crippen LogP) is 3.52. The average Bonchev–Trinajstić information content (AvgIpc) is 3.11. The molecule has 1 aliphatic rings. The summed E-state index contributed by atoms with van der Waals surface area (Å²) in [7, 11) is 0. The molecule has 134 valence electrons. The van der Waals surface area contributed by atoms with Crippen LogP contribution in [0, 0.1) is 12.8 Å². The number of nitrogens with zero attached hydrogens (tertiary/aromatic N) is 3. The molecule has 3 rings (SSSR count). The molecule has 2 aromatic rings. The molecule has 0 bridgehead atoms. The Balaban J connectivity index is 1.56. The van der Waals surface area contributed by atoms with Gasteiger partial charge in [0, 0.05) is 25.2 Å². The predicted molar refractivity (Wildman–Crippen MR) is 88.8 cm³/mol. The fraction of sp³-hybridized carbons (Fsp3) is 0.444. The van der Waals surface area contributed by atoms with Crippen LogP contribution in [0.4, 0.5) is 8.78 Å². The lowest BCUT2D eigenvalue weighted by molar-refractivity contribution is 0.0535. The fourth-order valence-electron chi connectivity index (χ4n) is 2.96. The minimum Gasteiger partial charge on any atom is -0.493 e. The van der Waals surface area contributed by atoms with Crippen molar-refractivity contribution in [1.29, 1.82) is 0 Å². The van der Waals surface area contributed by atoms with Crippen molar-refractivity contribution in [3.63, 3.8) is 0 Å². The van der Waals surface area contributed by atoms with E-state index >= 15 is 0 Å². The Morgan fingerprint density at radius 2 is 2.08 bits per heavy atom. The van der Waals surface area contributed by atoms with Gasteiger partial charge in [-0.3, -0.25) is 4.79 Å². The van der Waals surface area contributed by atoms with Crippen LogP contribution in [0.15, 0.2) is 36.5 Å². The molecule has 0 aliphatic carbocycles. The van der Waals surface area contributed by atoms with E-state index in [2.05, 4.69) is 5.10 Å². The zero-order valence-corrected chi connectivity index (χ0v) is 14.1.